The third-order valence-corrected chi connectivity index (χ3v) is 3.77. The first-order valence-electron chi connectivity index (χ1n) is 8.09. The first kappa shape index (κ1) is 17.3. The number of phenolic OH excluding ortho intramolecular Hbond substituents is 2. The van der Waals surface area contributed by atoms with Gasteiger partial charge in [0.1, 0.15) is 5.75 Å². The largest absolute Gasteiger partial charge is 0.507 e. The summed E-state index contributed by atoms with van der Waals surface area (Å²) in [7, 11) is 0. The SMILES string of the molecule is CCOc1cc(/C=N\NC(=O)c2cc3ccccc3cc2O)ccc1O. The molecule has 0 bridgehead atoms. The highest BCUT2D eigenvalue weighted by Crippen LogP contribution is 2.26. The molecule has 6 nitrogen and oxygen atoms in total. The summed E-state index contributed by atoms with van der Waals surface area (Å²) in [4.78, 5) is 12.3. The summed E-state index contributed by atoms with van der Waals surface area (Å²) in [5.41, 5.74) is 3.17. The van der Waals surface area contributed by atoms with Crippen LogP contribution in [0.5, 0.6) is 17.2 Å². The molecule has 0 saturated heterocycles. The van der Waals surface area contributed by atoms with Gasteiger partial charge in [0.25, 0.3) is 5.91 Å². The lowest BCUT2D eigenvalue weighted by Gasteiger charge is -2.07. The molecule has 0 spiro atoms. The van der Waals surface area contributed by atoms with E-state index in [1.807, 2.05) is 31.2 Å². The van der Waals surface area contributed by atoms with Crippen LogP contribution in [0.4, 0.5) is 0 Å². The molecule has 0 saturated carbocycles. The van der Waals surface area contributed by atoms with Gasteiger partial charge in [0.2, 0.25) is 0 Å². The first-order valence-corrected chi connectivity index (χ1v) is 8.09. The van der Waals surface area contributed by atoms with Crippen LogP contribution in [0.1, 0.15) is 22.8 Å². The van der Waals surface area contributed by atoms with Crippen LogP contribution in [0.2, 0.25) is 0 Å². The van der Waals surface area contributed by atoms with Crippen LogP contribution in [0.15, 0.2) is 59.7 Å². The molecule has 0 aliphatic carbocycles. The Morgan fingerprint density at radius 1 is 1.08 bits per heavy atom. The molecule has 3 rings (SSSR count). The van der Waals surface area contributed by atoms with Crippen molar-refractivity contribution in [2.75, 3.05) is 6.61 Å². The number of rotatable bonds is 5. The molecule has 3 aromatic rings. The number of hydrogen-bond acceptors (Lipinski definition) is 5. The van der Waals surface area contributed by atoms with Crippen molar-refractivity contribution < 1.29 is 19.7 Å². The Labute approximate surface area is 150 Å². The minimum absolute atomic E-state index is 0.0362. The second kappa shape index (κ2) is 7.57. The quantitative estimate of drug-likeness (QED) is 0.486. The van der Waals surface area contributed by atoms with Crippen molar-refractivity contribution in [3.8, 4) is 17.2 Å². The summed E-state index contributed by atoms with van der Waals surface area (Å²) < 4.78 is 5.30. The summed E-state index contributed by atoms with van der Waals surface area (Å²) >= 11 is 0. The van der Waals surface area contributed by atoms with E-state index >= 15 is 0 Å². The summed E-state index contributed by atoms with van der Waals surface area (Å²) in [6.45, 7) is 2.24. The van der Waals surface area contributed by atoms with Crippen LogP contribution >= 0.6 is 0 Å². The van der Waals surface area contributed by atoms with Gasteiger partial charge in [0, 0.05) is 0 Å². The van der Waals surface area contributed by atoms with E-state index in [1.165, 1.54) is 12.3 Å². The number of aromatic hydroxyl groups is 2. The zero-order chi connectivity index (χ0) is 18.5. The smallest absolute Gasteiger partial charge is 0.275 e. The molecule has 0 aromatic heterocycles. The lowest BCUT2D eigenvalue weighted by atomic mass is 10.1. The molecular formula is C20H18N2O4. The molecule has 0 aliphatic heterocycles. The third-order valence-electron chi connectivity index (χ3n) is 3.77. The maximum atomic E-state index is 12.3. The fourth-order valence-corrected chi connectivity index (χ4v) is 2.52. The van der Waals surface area contributed by atoms with Crippen LogP contribution in [-0.2, 0) is 0 Å². The Balaban J connectivity index is 1.75. The Morgan fingerprint density at radius 2 is 1.81 bits per heavy atom. The fraction of sp³-hybridized carbons (Fsp3) is 0.100. The van der Waals surface area contributed by atoms with E-state index in [9.17, 15) is 15.0 Å². The van der Waals surface area contributed by atoms with E-state index in [4.69, 9.17) is 4.74 Å². The van der Waals surface area contributed by atoms with E-state index < -0.39 is 5.91 Å². The first-order chi connectivity index (χ1) is 12.6. The highest BCUT2D eigenvalue weighted by molar-refractivity contribution is 6.01. The van der Waals surface area contributed by atoms with Crippen LogP contribution in [-0.4, -0.2) is 28.9 Å². The minimum atomic E-state index is -0.520. The third kappa shape index (κ3) is 3.75. The van der Waals surface area contributed by atoms with Crippen molar-refractivity contribution >= 4 is 22.9 Å². The van der Waals surface area contributed by atoms with Crippen molar-refractivity contribution in [2.45, 2.75) is 6.92 Å². The Morgan fingerprint density at radius 3 is 2.54 bits per heavy atom. The molecule has 1 amide bonds. The maximum absolute atomic E-state index is 12.3. The second-order valence-corrected chi connectivity index (χ2v) is 5.58. The van der Waals surface area contributed by atoms with Gasteiger partial charge in [-0.2, -0.15) is 5.10 Å². The number of carbonyl (C=O) groups excluding carboxylic acids is 1. The van der Waals surface area contributed by atoms with Crippen LogP contribution in [0, 0.1) is 0 Å². The highest BCUT2D eigenvalue weighted by Gasteiger charge is 2.11. The molecule has 0 radical (unpaired) electrons. The standard InChI is InChI=1S/C20H18N2O4/c1-2-26-19-9-13(7-8-17(19)23)12-21-22-20(25)16-10-14-5-3-4-6-15(14)11-18(16)24/h3-12,23-24H,2H2,1H3,(H,22,25)/b21-12-. The Kier molecular flexibility index (Phi) is 5.03. The van der Waals surface area contributed by atoms with Gasteiger partial charge in [-0.25, -0.2) is 5.43 Å². The number of nitrogens with one attached hydrogen (secondary N) is 1. The van der Waals surface area contributed by atoms with E-state index in [0.717, 1.165) is 10.8 Å². The van der Waals surface area contributed by atoms with Crippen LogP contribution < -0.4 is 10.2 Å². The summed E-state index contributed by atoms with van der Waals surface area (Å²) in [5, 5.41) is 25.3. The highest BCUT2D eigenvalue weighted by atomic mass is 16.5. The number of nitrogens with zero attached hydrogens (tertiary/aromatic N) is 1. The monoisotopic (exact) mass is 350 g/mol. The summed E-state index contributed by atoms with van der Waals surface area (Å²) in [6.07, 6.45) is 1.43. The van der Waals surface area contributed by atoms with Gasteiger partial charge in [-0.15, -0.1) is 0 Å². The van der Waals surface area contributed by atoms with E-state index in [0.29, 0.717) is 17.9 Å². The van der Waals surface area contributed by atoms with Gasteiger partial charge < -0.3 is 14.9 Å². The molecule has 0 heterocycles. The molecule has 3 aromatic carbocycles. The summed E-state index contributed by atoms with van der Waals surface area (Å²) in [5.74, 6) is -0.253. The van der Waals surface area contributed by atoms with Crippen molar-refractivity contribution in [1.29, 1.82) is 0 Å². The van der Waals surface area contributed by atoms with Gasteiger partial charge in [0.15, 0.2) is 11.5 Å². The second-order valence-electron chi connectivity index (χ2n) is 5.58. The number of ether oxygens (including phenoxy) is 1. The van der Waals surface area contributed by atoms with Gasteiger partial charge in [0.05, 0.1) is 18.4 Å². The molecule has 0 unspecified atom stereocenters. The number of hydrazone groups is 1. The van der Waals surface area contributed by atoms with Gasteiger partial charge in [-0.1, -0.05) is 24.3 Å². The predicted molar refractivity (Wildman–Crippen MR) is 99.9 cm³/mol. The van der Waals surface area contributed by atoms with Crippen molar-refractivity contribution in [1.82, 2.24) is 5.43 Å². The molecule has 0 fully saturated rings. The number of carbonyl (C=O) groups is 1. The zero-order valence-corrected chi connectivity index (χ0v) is 14.1. The Hall–Kier alpha value is -3.54. The average Bonchev–Trinajstić information content (AvgIpc) is 2.64. The van der Waals surface area contributed by atoms with Crippen molar-refractivity contribution in [2.24, 2.45) is 5.10 Å². The lowest BCUT2D eigenvalue weighted by molar-refractivity contribution is 0.0952. The number of amides is 1. The minimum Gasteiger partial charge on any atom is -0.507 e. The zero-order valence-electron chi connectivity index (χ0n) is 14.1. The van der Waals surface area contributed by atoms with Gasteiger partial charge >= 0.3 is 0 Å². The molecular weight excluding hydrogens is 332 g/mol. The van der Waals surface area contributed by atoms with E-state index in [2.05, 4.69) is 10.5 Å². The van der Waals surface area contributed by atoms with Crippen LogP contribution in [0.25, 0.3) is 10.8 Å². The molecule has 3 N–H and O–H groups in total. The van der Waals surface area contributed by atoms with Crippen LogP contribution in [0.3, 0.4) is 0 Å². The van der Waals surface area contributed by atoms with Crippen molar-refractivity contribution in [3.05, 3.63) is 65.7 Å². The topological polar surface area (TPSA) is 91.2 Å². The van der Waals surface area contributed by atoms with Crippen molar-refractivity contribution in [3.63, 3.8) is 0 Å². The number of benzene rings is 3. The fourth-order valence-electron chi connectivity index (χ4n) is 2.52. The summed E-state index contributed by atoms with van der Waals surface area (Å²) in [6, 6.07) is 15.3. The lowest BCUT2D eigenvalue weighted by Crippen LogP contribution is -2.17. The predicted octanol–water partition coefficient (Wildman–Crippen LogP) is 3.41. The Bertz CT molecular complexity index is 983. The molecule has 0 atom stereocenters. The molecule has 6 heteroatoms. The van der Waals surface area contributed by atoms with Gasteiger partial charge in [-0.3, -0.25) is 4.79 Å². The van der Waals surface area contributed by atoms with E-state index in [-0.39, 0.29) is 17.1 Å². The van der Waals surface area contributed by atoms with Gasteiger partial charge in [-0.05, 0) is 53.6 Å². The van der Waals surface area contributed by atoms with E-state index in [1.54, 1.807) is 24.3 Å². The normalized spacial score (nSPS) is 11.0. The molecule has 0 aliphatic rings. The number of fused-ring (bicyclic) bond motifs is 1. The average molecular weight is 350 g/mol. The number of phenols is 2. The number of hydrogen-bond donors (Lipinski definition) is 3. The molecule has 26 heavy (non-hydrogen) atoms. The molecule has 132 valence electrons. The maximum Gasteiger partial charge on any atom is 0.275 e.